The van der Waals surface area contributed by atoms with Gasteiger partial charge in [0.05, 0.1) is 4.90 Å². The number of halogens is 2. The first-order valence-electron chi connectivity index (χ1n) is 6.11. The van der Waals surface area contributed by atoms with Gasteiger partial charge in [0.15, 0.2) is 0 Å². The third kappa shape index (κ3) is 3.77. The second kappa shape index (κ2) is 6.36. The van der Waals surface area contributed by atoms with Crippen LogP contribution in [0.15, 0.2) is 45.8 Å². The van der Waals surface area contributed by atoms with Crippen LogP contribution in [0.25, 0.3) is 0 Å². The molecule has 0 heterocycles. The fourth-order valence-electron chi connectivity index (χ4n) is 1.93. The van der Waals surface area contributed by atoms with Crippen LogP contribution in [-0.2, 0) is 16.6 Å². The molecule has 0 spiro atoms. The quantitative estimate of drug-likeness (QED) is 0.838. The largest absolute Gasteiger partial charge is 0.326 e. The molecule has 3 N–H and O–H groups in total. The molecule has 0 aliphatic heterocycles. The lowest BCUT2D eigenvalue weighted by Gasteiger charge is -2.13. The van der Waals surface area contributed by atoms with Gasteiger partial charge in [-0.25, -0.2) is 8.42 Å². The summed E-state index contributed by atoms with van der Waals surface area (Å²) < 4.78 is 28.4. The zero-order valence-corrected chi connectivity index (χ0v) is 14.4. The third-order valence-corrected chi connectivity index (χ3v) is 5.29. The lowest BCUT2D eigenvalue weighted by molar-refractivity contribution is 0.600. The van der Waals surface area contributed by atoms with E-state index in [0.29, 0.717) is 21.8 Å². The number of benzene rings is 2. The highest BCUT2D eigenvalue weighted by atomic mass is 79.9. The summed E-state index contributed by atoms with van der Waals surface area (Å²) in [5.41, 5.74) is 7.41. The minimum atomic E-state index is -3.72. The molecule has 2 aromatic rings. The fourth-order valence-corrected chi connectivity index (χ4v) is 3.87. The molecule has 0 aromatic heterocycles. The summed E-state index contributed by atoms with van der Waals surface area (Å²) in [5, 5.41) is 0.345. The van der Waals surface area contributed by atoms with E-state index in [-0.39, 0.29) is 11.4 Å². The van der Waals surface area contributed by atoms with Crippen molar-refractivity contribution in [2.24, 2.45) is 5.73 Å². The average Bonchev–Trinajstić information content (AvgIpc) is 2.43. The Morgan fingerprint density at radius 2 is 1.86 bits per heavy atom. The topological polar surface area (TPSA) is 72.2 Å². The summed E-state index contributed by atoms with van der Waals surface area (Å²) in [7, 11) is -3.72. The van der Waals surface area contributed by atoms with E-state index in [1.54, 1.807) is 37.3 Å². The van der Waals surface area contributed by atoms with E-state index in [2.05, 4.69) is 20.7 Å². The number of rotatable bonds is 4. The van der Waals surface area contributed by atoms with Crippen LogP contribution in [0.5, 0.6) is 0 Å². The molecule has 0 fully saturated rings. The summed E-state index contributed by atoms with van der Waals surface area (Å²) in [5.74, 6) is 0. The Hall–Kier alpha value is -1.08. The summed E-state index contributed by atoms with van der Waals surface area (Å²) in [4.78, 5) is 0.137. The highest BCUT2D eigenvalue weighted by Gasteiger charge is 2.19. The monoisotopic (exact) mass is 388 g/mol. The van der Waals surface area contributed by atoms with Crippen LogP contribution < -0.4 is 10.5 Å². The summed E-state index contributed by atoms with van der Waals surface area (Å²) in [6, 6.07) is 9.96. The van der Waals surface area contributed by atoms with Crippen molar-refractivity contribution in [2.45, 2.75) is 18.4 Å². The van der Waals surface area contributed by atoms with E-state index in [0.717, 1.165) is 4.47 Å². The highest BCUT2D eigenvalue weighted by molar-refractivity contribution is 9.10. The van der Waals surface area contributed by atoms with Crippen molar-refractivity contribution in [3.63, 3.8) is 0 Å². The molecular weight excluding hydrogens is 376 g/mol. The predicted molar refractivity (Wildman–Crippen MR) is 89.0 cm³/mol. The molecule has 0 saturated carbocycles. The number of hydrogen-bond donors (Lipinski definition) is 2. The lowest BCUT2D eigenvalue weighted by Crippen LogP contribution is -2.15. The van der Waals surface area contributed by atoms with E-state index in [9.17, 15) is 8.42 Å². The van der Waals surface area contributed by atoms with Crippen LogP contribution in [0.4, 0.5) is 5.69 Å². The molecule has 7 heteroatoms. The third-order valence-electron chi connectivity index (χ3n) is 3.04. The van der Waals surface area contributed by atoms with Crippen molar-refractivity contribution in [3.8, 4) is 0 Å². The van der Waals surface area contributed by atoms with Crippen LogP contribution in [-0.4, -0.2) is 8.42 Å². The smallest absolute Gasteiger partial charge is 0.262 e. The Kier molecular flexibility index (Phi) is 4.93. The first kappa shape index (κ1) is 16.3. The Bertz CT molecular complexity index is 761. The van der Waals surface area contributed by atoms with Gasteiger partial charge in [-0.3, -0.25) is 4.72 Å². The minimum Gasteiger partial charge on any atom is -0.326 e. The Morgan fingerprint density at radius 3 is 2.43 bits per heavy atom. The van der Waals surface area contributed by atoms with E-state index in [1.165, 1.54) is 6.07 Å². The minimum absolute atomic E-state index is 0.137. The molecular formula is C14H14BrClN2O2S. The van der Waals surface area contributed by atoms with Crippen LogP contribution in [0.1, 0.15) is 11.1 Å². The van der Waals surface area contributed by atoms with Crippen molar-refractivity contribution >= 4 is 43.2 Å². The molecule has 0 atom stereocenters. The highest BCUT2D eigenvalue weighted by Crippen LogP contribution is 2.26. The molecule has 0 bridgehead atoms. The number of nitrogens with two attached hydrogens (primary N) is 1. The Labute approximate surface area is 137 Å². The van der Waals surface area contributed by atoms with Crippen LogP contribution >= 0.6 is 27.5 Å². The number of nitrogens with one attached hydrogen (secondary N) is 1. The Balaban J connectivity index is 2.44. The predicted octanol–water partition coefficient (Wildman–Crippen LogP) is 3.67. The molecule has 0 aliphatic rings. The molecule has 0 amide bonds. The van der Waals surface area contributed by atoms with Gasteiger partial charge in [-0.05, 0) is 54.4 Å². The fraction of sp³-hybridized carbons (Fsp3) is 0.143. The Morgan fingerprint density at radius 1 is 1.24 bits per heavy atom. The lowest BCUT2D eigenvalue weighted by atomic mass is 10.1. The summed E-state index contributed by atoms with van der Waals surface area (Å²) >= 11 is 9.28. The molecule has 0 saturated heterocycles. The first-order chi connectivity index (χ1) is 9.83. The SMILES string of the molecule is Cc1c(CN)cc(Cl)cc1S(=O)(=O)Nc1ccc(Br)cc1. The van der Waals surface area contributed by atoms with Gasteiger partial charge >= 0.3 is 0 Å². The van der Waals surface area contributed by atoms with Crippen molar-refractivity contribution in [1.29, 1.82) is 0 Å². The maximum absolute atomic E-state index is 12.5. The maximum atomic E-state index is 12.5. The van der Waals surface area contributed by atoms with Gasteiger partial charge in [-0.15, -0.1) is 0 Å². The van der Waals surface area contributed by atoms with Gasteiger partial charge < -0.3 is 5.73 Å². The van der Waals surface area contributed by atoms with E-state index >= 15 is 0 Å². The second-order valence-corrected chi connectivity index (χ2v) is 7.51. The van der Waals surface area contributed by atoms with Gasteiger partial charge in [0.1, 0.15) is 0 Å². The molecule has 2 aromatic carbocycles. The van der Waals surface area contributed by atoms with E-state index in [1.807, 2.05) is 0 Å². The second-order valence-electron chi connectivity index (χ2n) is 4.50. The van der Waals surface area contributed by atoms with Crippen LogP contribution in [0, 0.1) is 6.92 Å². The van der Waals surface area contributed by atoms with Crippen molar-refractivity contribution in [2.75, 3.05) is 4.72 Å². The normalized spacial score (nSPS) is 11.4. The van der Waals surface area contributed by atoms with E-state index in [4.69, 9.17) is 17.3 Å². The van der Waals surface area contributed by atoms with E-state index < -0.39 is 10.0 Å². The standard InChI is InChI=1S/C14H14BrClN2O2S/c1-9-10(8-17)6-12(16)7-14(9)21(19,20)18-13-4-2-11(15)3-5-13/h2-7,18H,8,17H2,1H3. The van der Waals surface area contributed by atoms with Gasteiger partial charge in [-0.1, -0.05) is 27.5 Å². The molecule has 0 aliphatic carbocycles. The zero-order valence-electron chi connectivity index (χ0n) is 11.2. The summed E-state index contributed by atoms with van der Waals surface area (Å²) in [6.07, 6.45) is 0. The molecule has 0 unspecified atom stereocenters. The molecule has 0 radical (unpaired) electrons. The van der Waals surface area contributed by atoms with Gasteiger partial charge in [0.25, 0.3) is 10.0 Å². The zero-order chi connectivity index (χ0) is 15.6. The van der Waals surface area contributed by atoms with Gasteiger partial charge in [0.2, 0.25) is 0 Å². The van der Waals surface area contributed by atoms with Gasteiger partial charge in [0, 0.05) is 21.7 Å². The maximum Gasteiger partial charge on any atom is 0.262 e. The number of anilines is 1. The van der Waals surface area contributed by atoms with Crippen molar-refractivity contribution < 1.29 is 8.42 Å². The average molecular weight is 390 g/mol. The number of hydrogen-bond acceptors (Lipinski definition) is 3. The first-order valence-corrected chi connectivity index (χ1v) is 8.76. The molecule has 112 valence electrons. The molecule has 4 nitrogen and oxygen atoms in total. The summed E-state index contributed by atoms with van der Waals surface area (Å²) in [6.45, 7) is 1.95. The molecule has 21 heavy (non-hydrogen) atoms. The van der Waals surface area contributed by atoms with Crippen molar-refractivity contribution in [1.82, 2.24) is 0 Å². The molecule has 2 rings (SSSR count). The van der Waals surface area contributed by atoms with Crippen LogP contribution in [0.2, 0.25) is 5.02 Å². The van der Waals surface area contributed by atoms with Crippen molar-refractivity contribution in [3.05, 3.63) is 57.0 Å². The number of sulfonamides is 1. The van der Waals surface area contributed by atoms with Crippen LogP contribution in [0.3, 0.4) is 0 Å². The van der Waals surface area contributed by atoms with Gasteiger partial charge in [-0.2, -0.15) is 0 Å².